The first-order valence-corrected chi connectivity index (χ1v) is 19.7. The Hall–Kier alpha value is -0.810. The monoisotopic (exact) mass is 674 g/mol. The largest absolute Gasteiger partial charge is 0.394 e. The number of nitrogens with one attached hydrogen (secondary N) is 1. The molecule has 0 aromatic rings. The van der Waals surface area contributed by atoms with E-state index in [1.807, 2.05) is 0 Å². The molecule has 9 nitrogen and oxygen atoms in total. The molecule has 0 radical (unpaired) electrons. The number of unbranched alkanes of at least 4 members (excludes halogenated alkanes) is 22. The van der Waals surface area contributed by atoms with Crippen LogP contribution in [0.2, 0.25) is 0 Å². The van der Waals surface area contributed by atoms with Crippen LogP contribution in [0.15, 0.2) is 0 Å². The molecule has 280 valence electrons. The van der Waals surface area contributed by atoms with Crippen molar-refractivity contribution in [2.45, 2.75) is 230 Å². The van der Waals surface area contributed by atoms with Gasteiger partial charge in [0.1, 0.15) is 24.4 Å². The van der Waals surface area contributed by atoms with E-state index in [0.29, 0.717) is 6.42 Å². The first-order valence-electron chi connectivity index (χ1n) is 19.7. The second-order valence-corrected chi connectivity index (χ2v) is 14.4. The number of amides is 1. The molecule has 1 aliphatic rings. The lowest BCUT2D eigenvalue weighted by Crippen LogP contribution is -2.58. The van der Waals surface area contributed by atoms with Gasteiger partial charge in [0.05, 0.1) is 31.0 Å². The summed E-state index contributed by atoms with van der Waals surface area (Å²) >= 11 is 0. The fourth-order valence-electron chi connectivity index (χ4n) is 6.78. The third-order valence-corrected chi connectivity index (χ3v) is 10.0. The van der Waals surface area contributed by atoms with Gasteiger partial charge >= 0.3 is 0 Å². The SMILES string of the molecule is CCCCCCCCCCCCCCCCCCCCCCCCCC(=O)N[C@@H](CC[C@@H]1OC(CO)[C@H](O)[C@H](O)C1O)[C@H](O)[C@@H](C)O. The number of carbonyl (C=O) groups excluding carboxylic acids is 1. The Morgan fingerprint density at radius 3 is 1.38 bits per heavy atom. The Morgan fingerprint density at radius 2 is 1.00 bits per heavy atom. The maximum Gasteiger partial charge on any atom is 0.220 e. The Morgan fingerprint density at radius 1 is 0.617 bits per heavy atom. The van der Waals surface area contributed by atoms with E-state index in [-0.39, 0.29) is 18.7 Å². The summed E-state index contributed by atoms with van der Waals surface area (Å²) in [5, 5.41) is 62.9. The summed E-state index contributed by atoms with van der Waals surface area (Å²) < 4.78 is 5.54. The van der Waals surface area contributed by atoms with Gasteiger partial charge in [0, 0.05) is 6.42 Å². The summed E-state index contributed by atoms with van der Waals surface area (Å²) in [5.41, 5.74) is 0. The van der Waals surface area contributed by atoms with Crippen LogP contribution in [-0.2, 0) is 9.53 Å². The smallest absolute Gasteiger partial charge is 0.220 e. The third-order valence-electron chi connectivity index (χ3n) is 10.0. The van der Waals surface area contributed by atoms with Crippen LogP contribution < -0.4 is 5.32 Å². The Kier molecular flexibility index (Phi) is 27.3. The molecule has 1 rings (SSSR count). The van der Waals surface area contributed by atoms with Gasteiger partial charge in [0.25, 0.3) is 0 Å². The van der Waals surface area contributed by atoms with Crippen molar-refractivity contribution in [3.63, 3.8) is 0 Å². The Bertz CT molecular complexity index is 724. The molecule has 1 amide bonds. The molecule has 2 unspecified atom stereocenters. The molecule has 0 saturated carbocycles. The van der Waals surface area contributed by atoms with Crippen LogP contribution in [0.3, 0.4) is 0 Å². The molecule has 1 saturated heterocycles. The predicted molar refractivity (Wildman–Crippen MR) is 189 cm³/mol. The van der Waals surface area contributed by atoms with Crippen molar-refractivity contribution in [3.05, 3.63) is 0 Å². The fourth-order valence-corrected chi connectivity index (χ4v) is 6.78. The number of ether oxygens (including phenoxy) is 1. The summed E-state index contributed by atoms with van der Waals surface area (Å²) in [6.07, 6.45) is 22.5. The lowest BCUT2D eigenvalue weighted by atomic mass is 9.90. The minimum Gasteiger partial charge on any atom is -0.394 e. The van der Waals surface area contributed by atoms with Gasteiger partial charge < -0.3 is 40.7 Å². The lowest BCUT2D eigenvalue weighted by molar-refractivity contribution is -0.231. The maximum atomic E-state index is 12.6. The molecular formula is C38H75NO8. The number of hydrogen-bond donors (Lipinski definition) is 7. The van der Waals surface area contributed by atoms with E-state index in [2.05, 4.69) is 12.2 Å². The van der Waals surface area contributed by atoms with Gasteiger partial charge in [-0.2, -0.15) is 0 Å². The molecule has 7 N–H and O–H groups in total. The predicted octanol–water partition coefficient (Wildman–Crippen LogP) is 6.22. The van der Waals surface area contributed by atoms with E-state index >= 15 is 0 Å². The third kappa shape index (κ3) is 21.1. The fraction of sp³-hybridized carbons (Fsp3) is 0.974. The lowest BCUT2D eigenvalue weighted by Gasteiger charge is -2.40. The minimum atomic E-state index is -1.47. The number of aliphatic hydroxyl groups is 6. The van der Waals surface area contributed by atoms with Crippen molar-refractivity contribution in [3.8, 4) is 0 Å². The van der Waals surface area contributed by atoms with E-state index in [1.165, 1.54) is 135 Å². The maximum absolute atomic E-state index is 12.6. The standard InChI is InChI=1S/C38H75NO8/c1-3-4-5-6-7-8-9-10-11-12-13-14-15-16-17-18-19-20-21-22-23-24-25-26-34(42)39-31(35(43)30(2)41)27-28-32-36(44)38(46)37(45)33(29-40)47-32/h30-33,35-38,40-41,43-46H,3-29H2,1-2H3,(H,39,42)/t30-,31+,32+,33?,35-,36?,37+,38-/m1/s1. The highest BCUT2D eigenvalue weighted by Crippen LogP contribution is 2.25. The second kappa shape index (κ2) is 29.0. The summed E-state index contributed by atoms with van der Waals surface area (Å²) in [6.45, 7) is 3.21. The van der Waals surface area contributed by atoms with Gasteiger partial charge in [-0.05, 0) is 26.2 Å². The number of carbonyl (C=O) groups is 1. The zero-order valence-electron chi connectivity index (χ0n) is 30.2. The van der Waals surface area contributed by atoms with Crippen LogP contribution in [-0.4, -0.2) is 91.9 Å². The van der Waals surface area contributed by atoms with Crippen molar-refractivity contribution >= 4 is 5.91 Å². The molecule has 0 aromatic carbocycles. The van der Waals surface area contributed by atoms with Gasteiger partial charge in [0.15, 0.2) is 0 Å². The topological polar surface area (TPSA) is 160 Å². The normalized spacial score (nSPS) is 23.4. The Labute approximate surface area is 287 Å². The van der Waals surface area contributed by atoms with E-state index in [9.17, 15) is 35.4 Å². The first kappa shape index (κ1) is 44.2. The zero-order valence-corrected chi connectivity index (χ0v) is 30.2. The second-order valence-electron chi connectivity index (χ2n) is 14.4. The molecule has 0 bridgehead atoms. The van der Waals surface area contributed by atoms with Crippen molar-refractivity contribution in [2.75, 3.05) is 6.61 Å². The molecule has 0 aromatic heterocycles. The van der Waals surface area contributed by atoms with Crippen LogP contribution in [0.1, 0.15) is 181 Å². The van der Waals surface area contributed by atoms with E-state index in [1.54, 1.807) is 0 Å². The number of aliphatic hydroxyl groups excluding tert-OH is 6. The summed E-state index contributed by atoms with van der Waals surface area (Å²) in [5.74, 6) is -0.202. The summed E-state index contributed by atoms with van der Waals surface area (Å²) in [4.78, 5) is 12.6. The molecule has 47 heavy (non-hydrogen) atoms. The molecule has 1 aliphatic heterocycles. The molecule has 0 spiro atoms. The number of hydrogen-bond acceptors (Lipinski definition) is 8. The molecule has 9 heteroatoms. The quantitative estimate of drug-likeness (QED) is 0.0428. The van der Waals surface area contributed by atoms with Crippen molar-refractivity contribution < 1.29 is 40.2 Å². The highest BCUT2D eigenvalue weighted by Gasteiger charge is 2.43. The molecule has 8 atom stereocenters. The molecule has 0 aliphatic carbocycles. The zero-order chi connectivity index (χ0) is 34.7. The van der Waals surface area contributed by atoms with Crippen molar-refractivity contribution in [1.29, 1.82) is 0 Å². The van der Waals surface area contributed by atoms with Crippen LogP contribution in [0, 0.1) is 0 Å². The van der Waals surface area contributed by atoms with Crippen LogP contribution in [0.4, 0.5) is 0 Å². The van der Waals surface area contributed by atoms with Crippen LogP contribution in [0.5, 0.6) is 0 Å². The highest BCUT2D eigenvalue weighted by atomic mass is 16.5. The van der Waals surface area contributed by atoms with E-state index in [4.69, 9.17) is 4.74 Å². The van der Waals surface area contributed by atoms with Crippen molar-refractivity contribution in [1.82, 2.24) is 5.32 Å². The van der Waals surface area contributed by atoms with E-state index < -0.39 is 55.4 Å². The average molecular weight is 674 g/mol. The average Bonchev–Trinajstić information content (AvgIpc) is 3.06. The van der Waals surface area contributed by atoms with Gasteiger partial charge in [-0.3, -0.25) is 4.79 Å². The highest BCUT2D eigenvalue weighted by molar-refractivity contribution is 5.76. The Balaban J connectivity index is 2.02. The van der Waals surface area contributed by atoms with Gasteiger partial charge in [-0.15, -0.1) is 0 Å². The van der Waals surface area contributed by atoms with Crippen LogP contribution >= 0.6 is 0 Å². The van der Waals surface area contributed by atoms with E-state index in [0.717, 1.165) is 19.3 Å². The summed E-state index contributed by atoms with van der Waals surface area (Å²) in [6, 6.07) is -0.764. The summed E-state index contributed by atoms with van der Waals surface area (Å²) in [7, 11) is 0. The van der Waals surface area contributed by atoms with Crippen LogP contribution in [0.25, 0.3) is 0 Å². The van der Waals surface area contributed by atoms with Gasteiger partial charge in [0.2, 0.25) is 5.91 Å². The number of rotatable bonds is 31. The van der Waals surface area contributed by atoms with Gasteiger partial charge in [-0.25, -0.2) is 0 Å². The molecular weight excluding hydrogens is 598 g/mol. The molecule has 1 heterocycles. The van der Waals surface area contributed by atoms with Crippen molar-refractivity contribution in [2.24, 2.45) is 0 Å². The first-order chi connectivity index (χ1) is 22.7. The molecule has 1 fully saturated rings. The minimum absolute atomic E-state index is 0.148. The van der Waals surface area contributed by atoms with Gasteiger partial charge in [-0.1, -0.05) is 148 Å².